The SMILES string of the molecule is COc1ccc(CN2Cc3c(ccc4ccccc34)C2CN)cc1. The van der Waals surface area contributed by atoms with Gasteiger partial charge < -0.3 is 10.5 Å². The molecule has 1 aliphatic rings. The third-order valence-corrected chi connectivity index (χ3v) is 5.01. The van der Waals surface area contributed by atoms with E-state index in [4.69, 9.17) is 10.5 Å². The van der Waals surface area contributed by atoms with E-state index in [1.54, 1.807) is 7.11 Å². The second-order valence-electron chi connectivity index (χ2n) is 6.36. The Morgan fingerprint density at radius 3 is 2.58 bits per heavy atom. The number of fused-ring (bicyclic) bond motifs is 3. The molecule has 0 fully saturated rings. The standard InChI is InChI=1S/C21H22N2O/c1-24-17-9-6-15(7-10-17)13-23-14-20-18-5-3-2-4-16(18)8-11-19(20)21(23)12-22/h2-11,21H,12-14,22H2,1H3. The van der Waals surface area contributed by atoms with Gasteiger partial charge in [-0.2, -0.15) is 0 Å². The lowest BCUT2D eigenvalue weighted by Crippen LogP contribution is -2.27. The summed E-state index contributed by atoms with van der Waals surface area (Å²) in [5, 5.41) is 2.66. The number of ether oxygens (including phenoxy) is 1. The Morgan fingerprint density at radius 2 is 1.83 bits per heavy atom. The van der Waals surface area contributed by atoms with Gasteiger partial charge >= 0.3 is 0 Å². The van der Waals surface area contributed by atoms with Crippen LogP contribution < -0.4 is 10.5 Å². The van der Waals surface area contributed by atoms with Crippen LogP contribution in [-0.2, 0) is 13.1 Å². The summed E-state index contributed by atoms with van der Waals surface area (Å²) in [6.07, 6.45) is 0. The Bertz CT molecular complexity index is 857. The molecule has 0 aromatic heterocycles. The van der Waals surface area contributed by atoms with Crippen LogP contribution in [0.15, 0.2) is 60.7 Å². The lowest BCUT2D eigenvalue weighted by molar-refractivity contribution is 0.211. The maximum Gasteiger partial charge on any atom is 0.118 e. The summed E-state index contributed by atoms with van der Waals surface area (Å²) in [7, 11) is 1.70. The van der Waals surface area contributed by atoms with E-state index < -0.39 is 0 Å². The minimum atomic E-state index is 0.284. The molecule has 0 amide bonds. The molecular formula is C21H22N2O. The predicted molar refractivity (Wildman–Crippen MR) is 98.0 cm³/mol. The van der Waals surface area contributed by atoms with Gasteiger partial charge in [0.1, 0.15) is 5.75 Å². The van der Waals surface area contributed by atoms with Gasteiger partial charge in [-0.3, -0.25) is 4.90 Å². The molecule has 0 saturated heterocycles. The van der Waals surface area contributed by atoms with E-state index in [-0.39, 0.29) is 6.04 Å². The zero-order chi connectivity index (χ0) is 16.5. The molecular weight excluding hydrogens is 296 g/mol. The topological polar surface area (TPSA) is 38.5 Å². The molecule has 0 radical (unpaired) electrons. The van der Waals surface area contributed by atoms with Crippen LogP contribution >= 0.6 is 0 Å². The average molecular weight is 318 g/mol. The Balaban J connectivity index is 1.66. The van der Waals surface area contributed by atoms with Crippen molar-refractivity contribution in [1.82, 2.24) is 4.90 Å². The summed E-state index contributed by atoms with van der Waals surface area (Å²) in [6.45, 7) is 2.49. The fraction of sp³-hybridized carbons (Fsp3) is 0.238. The number of hydrogen-bond acceptors (Lipinski definition) is 3. The first-order valence-electron chi connectivity index (χ1n) is 8.37. The fourth-order valence-corrected chi connectivity index (χ4v) is 3.76. The minimum Gasteiger partial charge on any atom is -0.497 e. The summed E-state index contributed by atoms with van der Waals surface area (Å²) < 4.78 is 5.25. The highest BCUT2D eigenvalue weighted by atomic mass is 16.5. The molecule has 2 N–H and O–H groups in total. The van der Waals surface area contributed by atoms with Gasteiger partial charge in [0, 0.05) is 25.7 Å². The second kappa shape index (κ2) is 6.27. The van der Waals surface area contributed by atoms with E-state index >= 15 is 0 Å². The lowest BCUT2D eigenvalue weighted by atomic mass is 9.98. The van der Waals surface area contributed by atoms with Crippen LogP contribution in [0.4, 0.5) is 0 Å². The second-order valence-corrected chi connectivity index (χ2v) is 6.36. The molecule has 24 heavy (non-hydrogen) atoms. The van der Waals surface area contributed by atoms with Gasteiger partial charge in [-0.25, -0.2) is 0 Å². The summed E-state index contributed by atoms with van der Waals surface area (Å²) in [4.78, 5) is 2.47. The van der Waals surface area contributed by atoms with Crippen LogP contribution in [-0.4, -0.2) is 18.6 Å². The molecule has 3 aromatic rings. The first-order chi connectivity index (χ1) is 11.8. The van der Waals surface area contributed by atoms with Crippen molar-refractivity contribution in [3.05, 3.63) is 77.4 Å². The van der Waals surface area contributed by atoms with Crippen molar-refractivity contribution in [2.45, 2.75) is 19.1 Å². The lowest BCUT2D eigenvalue weighted by Gasteiger charge is -2.23. The van der Waals surface area contributed by atoms with E-state index in [2.05, 4.69) is 53.4 Å². The van der Waals surface area contributed by atoms with Crippen LogP contribution in [0.1, 0.15) is 22.7 Å². The Labute approximate surface area is 142 Å². The van der Waals surface area contributed by atoms with Gasteiger partial charge in [-0.05, 0) is 39.6 Å². The van der Waals surface area contributed by atoms with Crippen LogP contribution in [0.3, 0.4) is 0 Å². The van der Waals surface area contributed by atoms with Gasteiger partial charge in [0.25, 0.3) is 0 Å². The monoisotopic (exact) mass is 318 g/mol. The highest BCUT2D eigenvalue weighted by Gasteiger charge is 2.30. The first kappa shape index (κ1) is 15.2. The Morgan fingerprint density at radius 1 is 1.04 bits per heavy atom. The van der Waals surface area contributed by atoms with Gasteiger partial charge in [0.15, 0.2) is 0 Å². The zero-order valence-corrected chi connectivity index (χ0v) is 13.9. The van der Waals surface area contributed by atoms with Crippen molar-refractivity contribution >= 4 is 10.8 Å². The molecule has 122 valence electrons. The quantitative estimate of drug-likeness (QED) is 0.794. The smallest absolute Gasteiger partial charge is 0.118 e. The molecule has 1 unspecified atom stereocenters. The summed E-state index contributed by atoms with van der Waals surface area (Å²) in [5.74, 6) is 0.893. The highest BCUT2D eigenvalue weighted by Crippen LogP contribution is 2.38. The highest BCUT2D eigenvalue weighted by molar-refractivity contribution is 5.87. The zero-order valence-electron chi connectivity index (χ0n) is 13.9. The van der Waals surface area contributed by atoms with Crippen molar-refractivity contribution in [1.29, 1.82) is 0 Å². The number of rotatable bonds is 4. The van der Waals surface area contributed by atoms with E-state index in [1.165, 1.54) is 27.5 Å². The molecule has 1 atom stereocenters. The van der Waals surface area contributed by atoms with Gasteiger partial charge in [0.2, 0.25) is 0 Å². The number of methoxy groups -OCH3 is 1. The third kappa shape index (κ3) is 2.56. The molecule has 0 saturated carbocycles. The normalized spacial score (nSPS) is 17.2. The van der Waals surface area contributed by atoms with E-state index in [0.717, 1.165) is 18.8 Å². The summed E-state index contributed by atoms with van der Waals surface area (Å²) in [6, 6.07) is 21.7. The van der Waals surface area contributed by atoms with Gasteiger partial charge in [0.05, 0.1) is 7.11 Å². The molecule has 3 nitrogen and oxygen atoms in total. The fourth-order valence-electron chi connectivity index (χ4n) is 3.76. The predicted octanol–water partition coefficient (Wildman–Crippen LogP) is 3.86. The summed E-state index contributed by atoms with van der Waals surface area (Å²) >= 11 is 0. The van der Waals surface area contributed by atoms with Gasteiger partial charge in [-0.15, -0.1) is 0 Å². The van der Waals surface area contributed by atoms with Crippen molar-refractivity contribution < 1.29 is 4.74 Å². The van der Waals surface area contributed by atoms with Crippen molar-refractivity contribution in [2.24, 2.45) is 5.73 Å². The van der Waals surface area contributed by atoms with E-state index in [0.29, 0.717) is 6.54 Å². The molecule has 3 heteroatoms. The molecule has 1 heterocycles. The number of hydrogen-bond donors (Lipinski definition) is 1. The van der Waals surface area contributed by atoms with Crippen LogP contribution in [0, 0.1) is 0 Å². The minimum absolute atomic E-state index is 0.284. The van der Waals surface area contributed by atoms with Crippen LogP contribution in [0.25, 0.3) is 10.8 Å². The summed E-state index contributed by atoms with van der Waals surface area (Å²) in [5.41, 5.74) is 10.2. The first-order valence-corrected chi connectivity index (χ1v) is 8.37. The van der Waals surface area contributed by atoms with Crippen LogP contribution in [0.5, 0.6) is 5.75 Å². The molecule has 1 aliphatic heterocycles. The van der Waals surface area contributed by atoms with Gasteiger partial charge in [-0.1, -0.05) is 48.5 Å². The maximum atomic E-state index is 6.12. The largest absolute Gasteiger partial charge is 0.497 e. The van der Waals surface area contributed by atoms with Crippen molar-refractivity contribution in [3.63, 3.8) is 0 Å². The number of nitrogens with zero attached hydrogens (tertiary/aromatic N) is 1. The van der Waals surface area contributed by atoms with Crippen molar-refractivity contribution in [2.75, 3.05) is 13.7 Å². The number of benzene rings is 3. The Hall–Kier alpha value is -2.36. The van der Waals surface area contributed by atoms with Crippen molar-refractivity contribution in [3.8, 4) is 5.75 Å². The molecule has 0 aliphatic carbocycles. The van der Waals surface area contributed by atoms with Crippen LogP contribution in [0.2, 0.25) is 0 Å². The van der Waals surface area contributed by atoms with E-state index in [9.17, 15) is 0 Å². The van der Waals surface area contributed by atoms with E-state index in [1.807, 2.05) is 12.1 Å². The molecule has 0 bridgehead atoms. The third-order valence-electron chi connectivity index (χ3n) is 5.01. The molecule has 3 aromatic carbocycles. The Kier molecular flexibility index (Phi) is 3.97. The number of nitrogens with two attached hydrogens (primary N) is 1. The molecule has 4 rings (SSSR count). The molecule has 0 spiro atoms. The average Bonchev–Trinajstić information content (AvgIpc) is 3.00. The maximum absolute atomic E-state index is 6.12.